The first kappa shape index (κ1) is 16.6. The molecule has 0 spiro atoms. The Morgan fingerprint density at radius 3 is 2.65 bits per heavy atom. The summed E-state index contributed by atoms with van der Waals surface area (Å²) in [5.41, 5.74) is 6.24. The Hall–Kier alpha value is -2.84. The number of amides is 1. The third-order valence-corrected chi connectivity index (χ3v) is 5.12. The van der Waals surface area contributed by atoms with Crippen molar-refractivity contribution in [2.45, 2.75) is 0 Å². The van der Waals surface area contributed by atoms with Crippen molar-refractivity contribution < 1.29 is 18.0 Å². The Morgan fingerprint density at radius 2 is 1.96 bits per heavy atom. The molecule has 0 radical (unpaired) electrons. The Bertz CT molecular complexity index is 1150. The second kappa shape index (κ2) is 6.15. The number of rotatable bonds is 3. The highest BCUT2D eigenvalue weighted by molar-refractivity contribution is 7.17. The molecule has 0 unspecified atom stereocenters. The average Bonchev–Trinajstić information content (AvgIpc) is 3.20. The van der Waals surface area contributed by atoms with Crippen LogP contribution in [0.1, 0.15) is 9.80 Å². The summed E-state index contributed by atoms with van der Waals surface area (Å²) in [6.45, 7) is 0. The van der Waals surface area contributed by atoms with E-state index < -0.39 is 17.5 Å². The lowest BCUT2D eigenvalue weighted by Gasteiger charge is -2.07. The molecule has 0 bridgehead atoms. The number of thiazole rings is 1. The van der Waals surface area contributed by atoms with Crippen LogP contribution in [0, 0.1) is 11.6 Å². The molecule has 2 heterocycles. The van der Waals surface area contributed by atoms with Crippen molar-refractivity contribution in [2.24, 2.45) is 5.73 Å². The molecule has 0 fully saturated rings. The summed E-state index contributed by atoms with van der Waals surface area (Å²) >= 11 is 7.21. The van der Waals surface area contributed by atoms with Crippen LogP contribution in [0.15, 0.2) is 41.1 Å². The SMILES string of the molecule is NC(=O)c1nc(-c2c(F)cccc2F)c(-c2cc3ocnc3cc2Cl)s1. The first-order valence-corrected chi connectivity index (χ1v) is 8.43. The lowest BCUT2D eigenvalue weighted by atomic mass is 10.1. The van der Waals surface area contributed by atoms with E-state index in [-0.39, 0.29) is 21.3 Å². The largest absolute Gasteiger partial charge is 0.443 e. The van der Waals surface area contributed by atoms with Crippen molar-refractivity contribution in [1.82, 2.24) is 9.97 Å². The van der Waals surface area contributed by atoms with Crippen molar-refractivity contribution in [3.05, 3.63) is 58.4 Å². The van der Waals surface area contributed by atoms with Gasteiger partial charge in [0.2, 0.25) is 0 Å². The fraction of sp³-hybridized carbons (Fsp3) is 0. The van der Waals surface area contributed by atoms with Crippen LogP contribution in [0.3, 0.4) is 0 Å². The zero-order chi connectivity index (χ0) is 18.4. The maximum absolute atomic E-state index is 14.3. The van der Waals surface area contributed by atoms with Crippen LogP contribution in [0.2, 0.25) is 5.02 Å². The van der Waals surface area contributed by atoms with Crippen molar-refractivity contribution >= 4 is 39.9 Å². The normalized spacial score (nSPS) is 11.2. The lowest BCUT2D eigenvalue weighted by molar-refractivity contribution is 0.1000. The summed E-state index contributed by atoms with van der Waals surface area (Å²) in [6, 6.07) is 6.58. The van der Waals surface area contributed by atoms with Crippen LogP contribution >= 0.6 is 22.9 Å². The molecule has 130 valence electrons. The quantitative estimate of drug-likeness (QED) is 0.551. The minimum Gasteiger partial charge on any atom is -0.443 e. The highest BCUT2D eigenvalue weighted by atomic mass is 35.5. The minimum atomic E-state index is -0.815. The molecule has 5 nitrogen and oxygen atoms in total. The van der Waals surface area contributed by atoms with Crippen molar-refractivity contribution in [3.8, 4) is 21.7 Å². The number of halogens is 3. The third-order valence-electron chi connectivity index (χ3n) is 3.70. The van der Waals surface area contributed by atoms with Crippen LogP contribution < -0.4 is 5.73 Å². The van der Waals surface area contributed by atoms with Crippen molar-refractivity contribution in [3.63, 3.8) is 0 Å². The molecule has 4 rings (SSSR count). The minimum absolute atomic E-state index is 0.0554. The molecule has 4 aromatic rings. The number of hydrogen-bond donors (Lipinski definition) is 1. The highest BCUT2D eigenvalue weighted by Gasteiger charge is 2.24. The van der Waals surface area contributed by atoms with E-state index in [1.165, 1.54) is 12.5 Å². The second-order valence-corrected chi connectivity index (χ2v) is 6.72. The van der Waals surface area contributed by atoms with E-state index in [0.717, 1.165) is 23.5 Å². The summed E-state index contributed by atoms with van der Waals surface area (Å²) in [6.07, 6.45) is 1.25. The smallest absolute Gasteiger partial charge is 0.277 e. The fourth-order valence-electron chi connectivity index (χ4n) is 2.55. The van der Waals surface area contributed by atoms with E-state index in [2.05, 4.69) is 9.97 Å². The molecule has 0 aliphatic heterocycles. The number of oxazole rings is 1. The van der Waals surface area contributed by atoms with E-state index in [9.17, 15) is 13.6 Å². The second-order valence-electron chi connectivity index (χ2n) is 5.31. The molecule has 0 aliphatic rings. The van der Waals surface area contributed by atoms with Crippen LogP contribution in [0.5, 0.6) is 0 Å². The zero-order valence-corrected chi connectivity index (χ0v) is 14.4. The van der Waals surface area contributed by atoms with Crippen LogP contribution in [0.4, 0.5) is 8.78 Å². The molecular formula is C17H8ClF2N3O2S. The highest BCUT2D eigenvalue weighted by Crippen LogP contribution is 2.42. The van der Waals surface area contributed by atoms with Gasteiger partial charge in [-0.3, -0.25) is 4.79 Å². The van der Waals surface area contributed by atoms with Gasteiger partial charge in [0.15, 0.2) is 17.0 Å². The maximum atomic E-state index is 14.3. The van der Waals surface area contributed by atoms with Crippen molar-refractivity contribution in [1.29, 1.82) is 0 Å². The van der Waals surface area contributed by atoms with Crippen molar-refractivity contribution in [2.75, 3.05) is 0 Å². The molecule has 2 aromatic carbocycles. The van der Waals surface area contributed by atoms with Gasteiger partial charge in [0, 0.05) is 5.56 Å². The number of fused-ring (bicyclic) bond motifs is 1. The van der Waals surface area contributed by atoms with E-state index in [4.69, 9.17) is 21.8 Å². The number of hydrogen-bond acceptors (Lipinski definition) is 5. The molecule has 0 aliphatic carbocycles. The van der Waals surface area contributed by atoms with Crippen LogP contribution in [0.25, 0.3) is 32.8 Å². The standard InChI is InChI=1S/C17H8ClF2N3O2S/c18-8-5-11-12(25-6-22-11)4-7(8)15-14(23-17(26-15)16(21)24)13-9(19)2-1-3-10(13)20/h1-6H,(H2,21,24). The number of primary amides is 1. The fourth-order valence-corrected chi connectivity index (χ4v) is 3.82. The molecule has 0 saturated carbocycles. The molecule has 2 aromatic heterocycles. The molecule has 9 heteroatoms. The van der Waals surface area contributed by atoms with Gasteiger partial charge in [-0.15, -0.1) is 11.3 Å². The van der Waals surface area contributed by atoms with Gasteiger partial charge in [-0.25, -0.2) is 18.7 Å². The van der Waals surface area contributed by atoms with Gasteiger partial charge in [0.1, 0.15) is 17.2 Å². The maximum Gasteiger partial charge on any atom is 0.277 e. The predicted molar refractivity (Wildman–Crippen MR) is 94.0 cm³/mol. The average molecular weight is 392 g/mol. The summed E-state index contributed by atoms with van der Waals surface area (Å²) in [7, 11) is 0. The van der Waals surface area contributed by atoms with Crippen LogP contribution in [-0.2, 0) is 0 Å². The molecule has 2 N–H and O–H groups in total. The molecule has 0 saturated heterocycles. The first-order valence-electron chi connectivity index (χ1n) is 7.24. The Kier molecular flexibility index (Phi) is 3.93. The zero-order valence-electron chi connectivity index (χ0n) is 12.8. The number of carbonyl (C=O) groups excluding carboxylic acids is 1. The summed E-state index contributed by atoms with van der Waals surface area (Å²) in [5, 5.41) is 0.176. The summed E-state index contributed by atoms with van der Waals surface area (Å²) in [5.74, 6) is -2.44. The monoisotopic (exact) mass is 391 g/mol. The third kappa shape index (κ3) is 2.63. The number of nitrogens with zero attached hydrogens (tertiary/aromatic N) is 2. The number of nitrogens with two attached hydrogens (primary N) is 1. The summed E-state index contributed by atoms with van der Waals surface area (Å²) < 4.78 is 33.8. The van der Waals surface area contributed by atoms with Gasteiger partial charge in [-0.2, -0.15) is 0 Å². The van der Waals surface area contributed by atoms with Gasteiger partial charge in [-0.05, 0) is 24.3 Å². The Labute approximate surface area is 154 Å². The van der Waals surface area contributed by atoms with Gasteiger partial charge in [-0.1, -0.05) is 17.7 Å². The van der Waals surface area contributed by atoms with E-state index in [0.29, 0.717) is 21.5 Å². The van der Waals surface area contributed by atoms with E-state index in [1.54, 1.807) is 12.1 Å². The van der Waals surface area contributed by atoms with Gasteiger partial charge in [0.25, 0.3) is 5.91 Å². The lowest BCUT2D eigenvalue weighted by Crippen LogP contribution is -2.10. The predicted octanol–water partition coefficient (Wildman–Crippen LogP) is 4.65. The number of aromatic nitrogens is 2. The topological polar surface area (TPSA) is 82.0 Å². The van der Waals surface area contributed by atoms with E-state index >= 15 is 0 Å². The van der Waals surface area contributed by atoms with Gasteiger partial charge < -0.3 is 10.2 Å². The number of carbonyl (C=O) groups is 1. The first-order chi connectivity index (χ1) is 12.5. The van der Waals surface area contributed by atoms with E-state index in [1.807, 2.05) is 0 Å². The van der Waals surface area contributed by atoms with Gasteiger partial charge in [0.05, 0.1) is 21.2 Å². The molecular weight excluding hydrogens is 384 g/mol. The van der Waals surface area contributed by atoms with Gasteiger partial charge >= 0.3 is 0 Å². The molecule has 26 heavy (non-hydrogen) atoms. The Balaban J connectivity index is 2.04. The van der Waals surface area contributed by atoms with Crippen LogP contribution in [-0.4, -0.2) is 15.9 Å². The summed E-state index contributed by atoms with van der Waals surface area (Å²) in [4.78, 5) is 19.9. The molecule has 0 atom stereocenters. The molecule has 1 amide bonds. The number of benzene rings is 2. The Morgan fingerprint density at radius 1 is 1.23 bits per heavy atom.